The molecule has 2 aromatic rings. The van der Waals surface area contributed by atoms with Crippen molar-refractivity contribution in [3.63, 3.8) is 0 Å². The van der Waals surface area contributed by atoms with Crippen molar-refractivity contribution in [2.24, 2.45) is 7.05 Å². The summed E-state index contributed by atoms with van der Waals surface area (Å²) >= 11 is 7.77. The number of thiophene rings is 1. The summed E-state index contributed by atoms with van der Waals surface area (Å²) in [6, 6.07) is 2.66. The monoisotopic (exact) mass is 282 g/mol. The summed E-state index contributed by atoms with van der Waals surface area (Å²) in [6.45, 7) is 2.12. The van der Waals surface area contributed by atoms with E-state index < -0.39 is 0 Å². The van der Waals surface area contributed by atoms with Gasteiger partial charge in [-0.05, 0) is 31.4 Å². The Labute approximate surface area is 115 Å². The second kappa shape index (κ2) is 4.64. The number of rotatable bonds is 3. The third-order valence-electron chi connectivity index (χ3n) is 3.43. The maximum absolute atomic E-state index is 6.07. The van der Waals surface area contributed by atoms with Gasteiger partial charge in [0.15, 0.2) is 0 Å². The number of halogens is 1. The number of aromatic nitrogens is 3. The number of aryl methyl sites for hydroxylation is 2. The van der Waals surface area contributed by atoms with E-state index >= 15 is 0 Å². The quantitative estimate of drug-likeness (QED) is 0.941. The van der Waals surface area contributed by atoms with Gasteiger partial charge in [0, 0.05) is 18.0 Å². The van der Waals surface area contributed by atoms with Crippen molar-refractivity contribution < 1.29 is 0 Å². The lowest BCUT2D eigenvalue weighted by Crippen LogP contribution is -2.25. The maximum atomic E-state index is 6.07. The van der Waals surface area contributed by atoms with E-state index in [1.165, 1.54) is 10.4 Å². The molecule has 6 heteroatoms. The lowest BCUT2D eigenvalue weighted by atomic mass is 10.1. The fourth-order valence-corrected chi connectivity index (χ4v) is 3.92. The van der Waals surface area contributed by atoms with E-state index in [4.69, 9.17) is 11.6 Å². The van der Waals surface area contributed by atoms with E-state index in [1.54, 1.807) is 17.7 Å². The number of fused-ring (bicyclic) bond motifs is 1. The Bertz CT molecular complexity index is 562. The lowest BCUT2D eigenvalue weighted by molar-refractivity contribution is 0.442. The van der Waals surface area contributed by atoms with Crippen LogP contribution in [0.3, 0.4) is 0 Å². The molecule has 0 radical (unpaired) electrons. The minimum absolute atomic E-state index is 0.187. The zero-order chi connectivity index (χ0) is 12.7. The summed E-state index contributed by atoms with van der Waals surface area (Å²) in [6.07, 6.45) is 3.99. The molecule has 2 atom stereocenters. The zero-order valence-corrected chi connectivity index (χ0v) is 11.9. The Morgan fingerprint density at radius 1 is 1.61 bits per heavy atom. The van der Waals surface area contributed by atoms with Crippen molar-refractivity contribution in [1.29, 1.82) is 0 Å². The van der Waals surface area contributed by atoms with Gasteiger partial charge in [-0.2, -0.15) is 0 Å². The molecule has 0 spiro atoms. The summed E-state index contributed by atoms with van der Waals surface area (Å²) < 4.78 is 2.84. The van der Waals surface area contributed by atoms with Gasteiger partial charge in [0.1, 0.15) is 12.2 Å². The predicted molar refractivity (Wildman–Crippen MR) is 72.9 cm³/mol. The highest BCUT2D eigenvalue weighted by Gasteiger charge is 2.27. The van der Waals surface area contributed by atoms with Crippen molar-refractivity contribution in [1.82, 2.24) is 20.1 Å². The SMILES string of the molecule is CC(NC1CCc2sc(Cl)cc21)c1nncn1C. The first-order chi connectivity index (χ1) is 8.65. The second-order valence-corrected chi connectivity index (χ2v) is 6.48. The van der Waals surface area contributed by atoms with Crippen LogP contribution in [-0.2, 0) is 13.5 Å². The Morgan fingerprint density at radius 2 is 2.44 bits per heavy atom. The van der Waals surface area contributed by atoms with Crippen LogP contribution in [0.5, 0.6) is 0 Å². The van der Waals surface area contributed by atoms with Crippen molar-refractivity contribution in [2.75, 3.05) is 0 Å². The van der Waals surface area contributed by atoms with Gasteiger partial charge in [-0.1, -0.05) is 11.6 Å². The molecule has 0 fully saturated rings. The van der Waals surface area contributed by atoms with Crippen LogP contribution < -0.4 is 5.32 Å². The van der Waals surface area contributed by atoms with Gasteiger partial charge >= 0.3 is 0 Å². The molecule has 2 heterocycles. The van der Waals surface area contributed by atoms with Gasteiger partial charge in [0.25, 0.3) is 0 Å². The van der Waals surface area contributed by atoms with E-state index in [9.17, 15) is 0 Å². The van der Waals surface area contributed by atoms with Crippen LogP contribution in [0.15, 0.2) is 12.4 Å². The first-order valence-electron chi connectivity index (χ1n) is 6.03. The molecule has 0 saturated heterocycles. The molecule has 0 aromatic carbocycles. The number of nitrogens with zero attached hydrogens (tertiary/aromatic N) is 3. The van der Waals surface area contributed by atoms with E-state index in [1.807, 2.05) is 11.6 Å². The molecule has 4 nitrogen and oxygen atoms in total. The molecular weight excluding hydrogens is 268 g/mol. The molecule has 18 heavy (non-hydrogen) atoms. The van der Waals surface area contributed by atoms with Crippen LogP contribution in [0, 0.1) is 0 Å². The molecule has 1 N–H and O–H groups in total. The highest BCUT2D eigenvalue weighted by atomic mass is 35.5. The Hall–Kier alpha value is -0.910. The second-order valence-electron chi connectivity index (χ2n) is 4.71. The van der Waals surface area contributed by atoms with Crippen molar-refractivity contribution in [3.8, 4) is 0 Å². The molecule has 3 rings (SSSR count). The lowest BCUT2D eigenvalue weighted by Gasteiger charge is -2.18. The van der Waals surface area contributed by atoms with Crippen molar-refractivity contribution in [2.45, 2.75) is 31.8 Å². The zero-order valence-electron chi connectivity index (χ0n) is 10.4. The largest absolute Gasteiger partial charge is 0.319 e. The van der Waals surface area contributed by atoms with Crippen LogP contribution in [-0.4, -0.2) is 14.8 Å². The number of nitrogens with one attached hydrogen (secondary N) is 1. The fourth-order valence-electron chi connectivity index (χ4n) is 2.56. The van der Waals surface area contributed by atoms with Gasteiger partial charge in [-0.15, -0.1) is 21.5 Å². The van der Waals surface area contributed by atoms with Crippen LogP contribution in [0.2, 0.25) is 4.34 Å². The standard InChI is InChI=1S/C12H15ClN4S/c1-7(12-16-14-6-17(12)2)15-9-3-4-10-8(9)5-11(13)18-10/h5-7,9,15H,3-4H2,1-2H3. The third-order valence-corrected chi connectivity index (χ3v) is 4.77. The summed E-state index contributed by atoms with van der Waals surface area (Å²) in [5, 5.41) is 11.7. The van der Waals surface area contributed by atoms with Crippen molar-refractivity contribution >= 4 is 22.9 Å². The Kier molecular flexibility index (Phi) is 3.13. The molecule has 1 aliphatic rings. The molecule has 2 unspecified atom stereocenters. The molecule has 1 aliphatic carbocycles. The molecule has 96 valence electrons. The Morgan fingerprint density at radius 3 is 3.17 bits per heavy atom. The van der Waals surface area contributed by atoms with E-state index in [0.29, 0.717) is 6.04 Å². The summed E-state index contributed by atoms with van der Waals surface area (Å²) in [5.74, 6) is 0.963. The van der Waals surface area contributed by atoms with E-state index in [0.717, 1.165) is 23.0 Å². The Balaban J connectivity index is 1.76. The molecular formula is C12H15ClN4S. The van der Waals surface area contributed by atoms with E-state index in [-0.39, 0.29) is 6.04 Å². The van der Waals surface area contributed by atoms with Gasteiger partial charge in [0.05, 0.1) is 10.4 Å². The highest BCUT2D eigenvalue weighted by molar-refractivity contribution is 7.16. The van der Waals surface area contributed by atoms with E-state index in [2.05, 4.69) is 28.5 Å². The highest BCUT2D eigenvalue weighted by Crippen LogP contribution is 2.40. The van der Waals surface area contributed by atoms with Crippen LogP contribution in [0.4, 0.5) is 0 Å². The molecule has 0 bridgehead atoms. The van der Waals surface area contributed by atoms with Gasteiger partial charge in [0.2, 0.25) is 0 Å². The first kappa shape index (κ1) is 12.1. The van der Waals surface area contributed by atoms with Gasteiger partial charge < -0.3 is 9.88 Å². The van der Waals surface area contributed by atoms with Crippen LogP contribution in [0.1, 0.15) is 41.7 Å². The normalized spacial score (nSPS) is 20.1. The fraction of sp³-hybridized carbons (Fsp3) is 0.500. The minimum Gasteiger partial charge on any atom is -0.319 e. The summed E-state index contributed by atoms with van der Waals surface area (Å²) in [5.41, 5.74) is 1.36. The molecule has 0 amide bonds. The molecule has 0 aliphatic heterocycles. The minimum atomic E-state index is 0.187. The maximum Gasteiger partial charge on any atom is 0.149 e. The number of hydrogen-bond acceptors (Lipinski definition) is 4. The van der Waals surface area contributed by atoms with Crippen LogP contribution >= 0.6 is 22.9 Å². The average molecular weight is 283 g/mol. The first-order valence-corrected chi connectivity index (χ1v) is 7.22. The topological polar surface area (TPSA) is 42.7 Å². The number of hydrogen-bond donors (Lipinski definition) is 1. The third kappa shape index (κ3) is 2.06. The smallest absolute Gasteiger partial charge is 0.149 e. The van der Waals surface area contributed by atoms with Gasteiger partial charge in [-0.3, -0.25) is 0 Å². The predicted octanol–water partition coefficient (Wildman–Crippen LogP) is 2.87. The molecule has 0 saturated carbocycles. The van der Waals surface area contributed by atoms with Gasteiger partial charge in [-0.25, -0.2) is 0 Å². The summed E-state index contributed by atoms with van der Waals surface area (Å²) in [7, 11) is 1.97. The van der Waals surface area contributed by atoms with Crippen molar-refractivity contribution in [3.05, 3.63) is 33.0 Å². The van der Waals surface area contributed by atoms with Crippen LogP contribution in [0.25, 0.3) is 0 Å². The average Bonchev–Trinajstić information content (AvgIpc) is 2.97. The molecule has 2 aromatic heterocycles. The summed E-state index contributed by atoms with van der Waals surface area (Å²) in [4.78, 5) is 1.42.